The highest BCUT2D eigenvalue weighted by molar-refractivity contribution is 5.96. The molecule has 6 heteroatoms. The third-order valence-corrected chi connectivity index (χ3v) is 3.61. The number of hydrogen-bond acceptors (Lipinski definition) is 4. The minimum atomic E-state index is -0.522. The SMILES string of the molecule is CCC1CN(C(=O)c2cccc([N+](=O)[O-])c2)CCC1=O. The zero-order valence-electron chi connectivity index (χ0n) is 11.2. The summed E-state index contributed by atoms with van der Waals surface area (Å²) in [6.07, 6.45) is 1.07. The number of likely N-dealkylation sites (tertiary alicyclic amines) is 1. The van der Waals surface area contributed by atoms with E-state index < -0.39 is 4.92 Å². The number of amides is 1. The average molecular weight is 276 g/mol. The van der Waals surface area contributed by atoms with Gasteiger partial charge in [-0.25, -0.2) is 0 Å². The van der Waals surface area contributed by atoms with Crippen molar-refractivity contribution >= 4 is 17.4 Å². The summed E-state index contributed by atoms with van der Waals surface area (Å²) >= 11 is 0. The van der Waals surface area contributed by atoms with Crippen LogP contribution in [0.2, 0.25) is 0 Å². The number of nitrogens with zero attached hydrogens (tertiary/aromatic N) is 2. The number of rotatable bonds is 3. The number of nitro benzene ring substituents is 1. The zero-order chi connectivity index (χ0) is 14.7. The smallest absolute Gasteiger partial charge is 0.270 e. The van der Waals surface area contributed by atoms with Crippen molar-refractivity contribution in [3.63, 3.8) is 0 Å². The second kappa shape index (κ2) is 5.81. The van der Waals surface area contributed by atoms with Gasteiger partial charge in [-0.1, -0.05) is 13.0 Å². The first-order chi connectivity index (χ1) is 9.52. The Morgan fingerprint density at radius 1 is 1.50 bits per heavy atom. The van der Waals surface area contributed by atoms with Crippen LogP contribution in [-0.4, -0.2) is 34.6 Å². The van der Waals surface area contributed by atoms with Crippen LogP contribution >= 0.6 is 0 Å². The maximum atomic E-state index is 12.3. The van der Waals surface area contributed by atoms with Gasteiger partial charge in [0.2, 0.25) is 0 Å². The van der Waals surface area contributed by atoms with E-state index in [1.54, 1.807) is 11.0 Å². The second-order valence-electron chi connectivity index (χ2n) is 4.88. The van der Waals surface area contributed by atoms with Crippen molar-refractivity contribution in [3.05, 3.63) is 39.9 Å². The number of non-ortho nitro benzene ring substituents is 1. The van der Waals surface area contributed by atoms with Gasteiger partial charge in [-0.05, 0) is 12.5 Å². The number of piperidine rings is 1. The van der Waals surface area contributed by atoms with E-state index in [1.165, 1.54) is 18.2 Å². The second-order valence-corrected chi connectivity index (χ2v) is 4.88. The summed E-state index contributed by atoms with van der Waals surface area (Å²) in [4.78, 5) is 35.8. The van der Waals surface area contributed by atoms with E-state index in [9.17, 15) is 19.7 Å². The molecule has 0 aromatic heterocycles. The summed E-state index contributed by atoms with van der Waals surface area (Å²) < 4.78 is 0. The van der Waals surface area contributed by atoms with Crippen molar-refractivity contribution in [1.82, 2.24) is 4.90 Å². The van der Waals surface area contributed by atoms with Crippen LogP contribution in [0.15, 0.2) is 24.3 Å². The van der Waals surface area contributed by atoms with Crippen molar-refractivity contribution in [3.8, 4) is 0 Å². The maximum Gasteiger partial charge on any atom is 0.270 e. The first-order valence-electron chi connectivity index (χ1n) is 6.59. The molecule has 1 atom stereocenters. The molecule has 1 amide bonds. The summed E-state index contributed by atoms with van der Waals surface area (Å²) in [5.74, 6) is -0.179. The molecule has 1 aliphatic heterocycles. The number of ketones is 1. The number of carbonyl (C=O) groups is 2. The maximum absolute atomic E-state index is 12.3. The van der Waals surface area contributed by atoms with Gasteiger partial charge in [0.05, 0.1) is 4.92 Å². The topological polar surface area (TPSA) is 80.5 Å². The Labute approximate surface area is 116 Å². The quantitative estimate of drug-likeness (QED) is 0.625. The summed E-state index contributed by atoms with van der Waals surface area (Å²) in [5.41, 5.74) is 0.194. The van der Waals surface area contributed by atoms with Crippen LogP contribution in [0.1, 0.15) is 30.1 Å². The first kappa shape index (κ1) is 14.2. The zero-order valence-corrected chi connectivity index (χ0v) is 11.2. The molecule has 1 aromatic rings. The molecule has 0 spiro atoms. The van der Waals surface area contributed by atoms with Gasteiger partial charge in [0.1, 0.15) is 5.78 Å². The van der Waals surface area contributed by atoms with Crippen LogP contribution in [0.4, 0.5) is 5.69 Å². The fourth-order valence-electron chi connectivity index (χ4n) is 2.38. The van der Waals surface area contributed by atoms with Crippen LogP contribution in [-0.2, 0) is 4.79 Å². The molecule has 2 rings (SSSR count). The van der Waals surface area contributed by atoms with Crippen molar-refractivity contribution in [2.75, 3.05) is 13.1 Å². The number of hydrogen-bond donors (Lipinski definition) is 0. The lowest BCUT2D eigenvalue weighted by Gasteiger charge is -2.31. The molecule has 106 valence electrons. The van der Waals surface area contributed by atoms with Crippen LogP contribution < -0.4 is 0 Å². The Kier molecular flexibility index (Phi) is 4.12. The molecular weight excluding hydrogens is 260 g/mol. The number of benzene rings is 1. The third kappa shape index (κ3) is 2.84. The van der Waals surface area contributed by atoms with Crippen LogP contribution in [0.25, 0.3) is 0 Å². The van der Waals surface area contributed by atoms with Crippen molar-refractivity contribution in [1.29, 1.82) is 0 Å². The highest BCUT2D eigenvalue weighted by atomic mass is 16.6. The first-order valence-corrected chi connectivity index (χ1v) is 6.59. The van der Waals surface area contributed by atoms with E-state index in [0.29, 0.717) is 31.5 Å². The lowest BCUT2D eigenvalue weighted by atomic mass is 9.93. The molecule has 6 nitrogen and oxygen atoms in total. The highest BCUT2D eigenvalue weighted by Crippen LogP contribution is 2.20. The molecule has 20 heavy (non-hydrogen) atoms. The molecule has 1 aliphatic rings. The van der Waals surface area contributed by atoms with Gasteiger partial charge in [0.15, 0.2) is 0 Å². The summed E-state index contributed by atoms with van der Waals surface area (Å²) in [6.45, 7) is 2.71. The van der Waals surface area contributed by atoms with Gasteiger partial charge >= 0.3 is 0 Å². The predicted octanol–water partition coefficient (Wildman–Crippen LogP) is 2.04. The van der Waals surface area contributed by atoms with Crippen LogP contribution in [0.5, 0.6) is 0 Å². The molecule has 0 saturated carbocycles. The van der Waals surface area contributed by atoms with E-state index >= 15 is 0 Å². The van der Waals surface area contributed by atoms with Gasteiger partial charge in [0, 0.05) is 43.1 Å². The van der Waals surface area contributed by atoms with Gasteiger partial charge < -0.3 is 4.90 Å². The normalized spacial score (nSPS) is 18.9. The Hall–Kier alpha value is -2.24. The molecule has 1 heterocycles. The fraction of sp³-hybridized carbons (Fsp3) is 0.429. The molecule has 0 bridgehead atoms. The van der Waals surface area contributed by atoms with E-state index in [-0.39, 0.29) is 23.3 Å². The summed E-state index contributed by atoms with van der Waals surface area (Å²) in [5, 5.41) is 10.7. The third-order valence-electron chi connectivity index (χ3n) is 3.61. The van der Waals surface area contributed by atoms with E-state index in [4.69, 9.17) is 0 Å². The minimum absolute atomic E-state index is 0.101. The Balaban J connectivity index is 2.17. The molecule has 0 aliphatic carbocycles. The van der Waals surface area contributed by atoms with Gasteiger partial charge in [-0.15, -0.1) is 0 Å². The van der Waals surface area contributed by atoms with Crippen LogP contribution in [0.3, 0.4) is 0 Å². The van der Waals surface area contributed by atoms with Crippen molar-refractivity contribution in [2.45, 2.75) is 19.8 Å². The molecule has 1 unspecified atom stereocenters. The Bertz CT molecular complexity index is 556. The van der Waals surface area contributed by atoms with Crippen molar-refractivity contribution in [2.24, 2.45) is 5.92 Å². The summed E-state index contributed by atoms with van der Waals surface area (Å²) in [6, 6.07) is 5.69. The highest BCUT2D eigenvalue weighted by Gasteiger charge is 2.29. The summed E-state index contributed by atoms with van der Waals surface area (Å²) in [7, 11) is 0. The number of nitro groups is 1. The molecule has 1 fully saturated rings. The van der Waals surface area contributed by atoms with Crippen molar-refractivity contribution < 1.29 is 14.5 Å². The van der Waals surface area contributed by atoms with E-state index in [1.807, 2.05) is 6.92 Å². The lowest BCUT2D eigenvalue weighted by molar-refractivity contribution is -0.384. The number of Topliss-reactive ketones (excluding diaryl/α,β-unsaturated/α-hetero) is 1. The minimum Gasteiger partial charge on any atom is -0.337 e. The monoisotopic (exact) mass is 276 g/mol. The molecule has 0 radical (unpaired) electrons. The Morgan fingerprint density at radius 3 is 2.90 bits per heavy atom. The fourth-order valence-corrected chi connectivity index (χ4v) is 2.38. The van der Waals surface area contributed by atoms with Crippen LogP contribution in [0, 0.1) is 16.0 Å². The van der Waals surface area contributed by atoms with Gasteiger partial charge in [-0.3, -0.25) is 19.7 Å². The standard InChI is InChI=1S/C14H16N2O4/c1-2-10-9-15(7-6-13(10)17)14(18)11-4-3-5-12(8-11)16(19)20/h3-5,8,10H,2,6-7,9H2,1H3. The Morgan fingerprint density at radius 2 is 2.25 bits per heavy atom. The lowest BCUT2D eigenvalue weighted by Crippen LogP contribution is -2.43. The van der Waals surface area contributed by atoms with E-state index in [0.717, 1.165) is 0 Å². The molecule has 0 N–H and O–H groups in total. The largest absolute Gasteiger partial charge is 0.337 e. The molecule has 1 saturated heterocycles. The van der Waals surface area contributed by atoms with Gasteiger partial charge in [-0.2, -0.15) is 0 Å². The van der Waals surface area contributed by atoms with Gasteiger partial charge in [0.25, 0.3) is 11.6 Å². The molecular formula is C14H16N2O4. The number of carbonyl (C=O) groups excluding carboxylic acids is 2. The molecule has 1 aromatic carbocycles. The predicted molar refractivity (Wildman–Crippen MR) is 72.4 cm³/mol. The average Bonchev–Trinajstić information content (AvgIpc) is 2.47. The van der Waals surface area contributed by atoms with E-state index in [2.05, 4.69) is 0 Å².